The number of hydrogen-bond acceptors (Lipinski definition) is 7. The lowest BCUT2D eigenvalue weighted by Crippen LogP contribution is -2.25. The van der Waals surface area contributed by atoms with Crippen molar-refractivity contribution in [2.45, 2.75) is 33.4 Å². The van der Waals surface area contributed by atoms with Crippen LogP contribution in [0.5, 0.6) is 0 Å². The van der Waals surface area contributed by atoms with E-state index in [1.807, 2.05) is 6.92 Å². The first kappa shape index (κ1) is 23.1. The van der Waals surface area contributed by atoms with Crippen molar-refractivity contribution in [3.05, 3.63) is 69.6 Å². The molecule has 1 heterocycles. The van der Waals surface area contributed by atoms with Crippen molar-refractivity contribution in [2.24, 2.45) is 0 Å². The number of anilines is 1. The van der Waals surface area contributed by atoms with Crippen molar-refractivity contribution in [3.8, 4) is 0 Å². The minimum Gasteiger partial charge on any atom is -0.451 e. The Morgan fingerprint density at radius 3 is 2.34 bits per heavy atom. The van der Waals surface area contributed by atoms with Crippen LogP contribution in [-0.2, 0) is 21.3 Å². The molecule has 9 nitrogen and oxygen atoms in total. The Kier molecular flexibility index (Phi) is 6.45. The second kappa shape index (κ2) is 8.91. The summed E-state index contributed by atoms with van der Waals surface area (Å²) in [4.78, 5) is 41.7. The number of carbonyl (C=O) groups is 2. The van der Waals surface area contributed by atoms with E-state index in [2.05, 4.69) is 9.71 Å². The van der Waals surface area contributed by atoms with Gasteiger partial charge >= 0.3 is 5.97 Å². The summed E-state index contributed by atoms with van der Waals surface area (Å²) in [6.07, 6.45) is -0.0373. The fourth-order valence-electron chi connectivity index (χ4n) is 3.25. The number of rotatable bonds is 7. The number of aromatic nitrogens is 2. The van der Waals surface area contributed by atoms with E-state index >= 15 is 0 Å². The van der Waals surface area contributed by atoms with E-state index < -0.39 is 27.9 Å². The Labute approximate surface area is 185 Å². The lowest BCUT2D eigenvalue weighted by molar-refractivity contribution is 0.0319. The third kappa shape index (κ3) is 5.02. The molecule has 2 aromatic carbocycles. The molecule has 10 heteroatoms. The average Bonchev–Trinajstić information content (AvgIpc) is 2.73. The number of nitrogens with one attached hydrogen (secondary N) is 1. The zero-order valence-corrected chi connectivity index (χ0v) is 18.9. The quantitative estimate of drug-likeness (QED) is 0.427. The van der Waals surface area contributed by atoms with Gasteiger partial charge in [0.2, 0.25) is 15.8 Å². The highest BCUT2D eigenvalue weighted by molar-refractivity contribution is 7.92. The molecule has 1 N–H and O–H groups in total. The van der Waals surface area contributed by atoms with E-state index in [0.717, 1.165) is 6.26 Å². The van der Waals surface area contributed by atoms with Crippen molar-refractivity contribution in [1.82, 2.24) is 9.55 Å². The van der Waals surface area contributed by atoms with Crippen LogP contribution in [0.1, 0.15) is 40.3 Å². The van der Waals surface area contributed by atoms with Crippen LogP contribution in [0.15, 0.2) is 47.3 Å². The number of ether oxygens (including phenoxy) is 1. The average molecular weight is 458 g/mol. The number of fused-ring (bicyclic) bond motifs is 1. The van der Waals surface area contributed by atoms with Gasteiger partial charge in [-0.15, -0.1) is 0 Å². The van der Waals surface area contributed by atoms with Crippen LogP contribution < -0.4 is 10.3 Å². The maximum Gasteiger partial charge on any atom is 0.338 e. The molecule has 1 atom stereocenters. The molecule has 0 spiro atoms. The zero-order chi connectivity index (χ0) is 23.6. The number of hydrogen-bond donors (Lipinski definition) is 1. The summed E-state index contributed by atoms with van der Waals surface area (Å²) >= 11 is 0. The molecule has 32 heavy (non-hydrogen) atoms. The number of aryl methyl sites for hydroxylation is 2. The number of nitrogens with zero attached hydrogens (tertiary/aromatic N) is 2. The standard InChI is InChI=1S/C22H23N3O6S/c1-5-25-19-11-8-16(12-18(19)23-13(2)21(25)27)22(28)31-14(3)20(26)15-6-9-17(10-7-15)24-32(4,29)30/h6-12,14,24H,5H2,1-4H3/t14-/m1/s1. The van der Waals surface area contributed by atoms with Gasteiger partial charge in [-0.05, 0) is 63.2 Å². The monoisotopic (exact) mass is 457 g/mol. The molecule has 0 saturated carbocycles. The van der Waals surface area contributed by atoms with Crippen LogP contribution in [0, 0.1) is 6.92 Å². The third-order valence-corrected chi connectivity index (χ3v) is 5.39. The van der Waals surface area contributed by atoms with Crippen LogP contribution in [0.25, 0.3) is 11.0 Å². The Morgan fingerprint density at radius 2 is 1.75 bits per heavy atom. The first-order valence-corrected chi connectivity index (χ1v) is 11.7. The molecule has 0 unspecified atom stereocenters. The second-order valence-electron chi connectivity index (χ2n) is 7.31. The van der Waals surface area contributed by atoms with Crippen LogP contribution in [-0.4, -0.2) is 42.1 Å². The Morgan fingerprint density at radius 1 is 1.12 bits per heavy atom. The molecule has 0 bridgehead atoms. The summed E-state index contributed by atoms with van der Waals surface area (Å²) in [7, 11) is -3.43. The largest absolute Gasteiger partial charge is 0.451 e. The third-order valence-electron chi connectivity index (χ3n) is 4.79. The SMILES string of the molecule is CCn1c(=O)c(C)nc2cc(C(=O)O[C@H](C)C(=O)c3ccc(NS(C)(=O)=O)cc3)ccc21. The molecular formula is C22H23N3O6S. The lowest BCUT2D eigenvalue weighted by atomic mass is 10.1. The Bertz CT molecular complexity index is 1360. The highest BCUT2D eigenvalue weighted by Gasteiger charge is 2.21. The van der Waals surface area contributed by atoms with Gasteiger partial charge in [-0.1, -0.05) is 0 Å². The van der Waals surface area contributed by atoms with Crippen molar-refractivity contribution in [1.29, 1.82) is 0 Å². The Balaban J connectivity index is 1.77. The van der Waals surface area contributed by atoms with Gasteiger partial charge in [-0.3, -0.25) is 14.3 Å². The summed E-state index contributed by atoms with van der Waals surface area (Å²) in [5.41, 5.74) is 2.01. The predicted molar refractivity (Wildman–Crippen MR) is 121 cm³/mol. The summed E-state index contributed by atoms with van der Waals surface area (Å²) in [6.45, 7) is 5.38. The fourth-order valence-corrected chi connectivity index (χ4v) is 3.81. The molecule has 168 valence electrons. The summed E-state index contributed by atoms with van der Waals surface area (Å²) < 4.78 is 31.8. The van der Waals surface area contributed by atoms with E-state index in [1.165, 1.54) is 43.3 Å². The molecule has 3 rings (SSSR count). The molecule has 0 aliphatic carbocycles. The van der Waals surface area contributed by atoms with Gasteiger partial charge < -0.3 is 9.30 Å². The predicted octanol–water partition coefficient (Wildman–Crippen LogP) is 2.52. The van der Waals surface area contributed by atoms with E-state index in [9.17, 15) is 22.8 Å². The summed E-state index contributed by atoms with van der Waals surface area (Å²) in [5, 5.41) is 0. The van der Waals surface area contributed by atoms with Gasteiger partial charge in [0.05, 0.1) is 22.9 Å². The highest BCUT2D eigenvalue weighted by atomic mass is 32.2. The molecular weight excluding hydrogens is 434 g/mol. The normalized spacial score (nSPS) is 12.4. The van der Waals surface area contributed by atoms with Gasteiger partial charge in [0, 0.05) is 17.8 Å². The molecule has 1 aromatic heterocycles. The topological polar surface area (TPSA) is 124 Å². The van der Waals surface area contributed by atoms with Gasteiger partial charge in [-0.2, -0.15) is 0 Å². The Hall–Kier alpha value is -3.53. The lowest BCUT2D eigenvalue weighted by Gasteiger charge is -2.14. The molecule has 0 fully saturated rings. The van der Waals surface area contributed by atoms with Gasteiger partial charge in [0.25, 0.3) is 5.56 Å². The van der Waals surface area contributed by atoms with Gasteiger partial charge in [0.1, 0.15) is 5.69 Å². The van der Waals surface area contributed by atoms with E-state index in [0.29, 0.717) is 29.0 Å². The van der Waals surface area contributed by atoms with E-state index in [1.54, 1.807) is 17.6 Å². The minimum atomic E-state index is -3.43. The van der Waals surface area contributed by atoms with Gasteiger partial charge in [0.15, 0.2) is 6.10 Å². The molecule has 0 saturated heterocycles. The van der Waals surface area contributed by atoms with E-state index in [-0.39, 0.29) is 16.7 Å². The van der Waals surface area contributed by atoms with Crippen LogP contribution >= 0.6 is 0 Å². The van der Waals surface area contributed by atoms with Crippen LogP contribution in [0.2, 0.25) is 0 Å². The van der Waals surface area contributed by atoms with Crippen molar-refractivity contribution < 1.29 is 22.7 Å². The van der Waals surface area contributed by atoms with E-state index in [4.69, 9.17) is 4.74 Å². The van der Waals surface area contributed by atoms with Crippen molar-refractivity contribution >= 4 is 38.5 Å². The maximum absolute atomic E-state index is 12.6. The van der Waals surface area contributed by atoms with Crippen LogP contribution in [0.4, 0.5) is 5.69 Å². The van der Waals surface area contributed by atoms with Crippen LogP contribution in [0.3, 0.4) is 0 Å². The maximum atomic E-state index is 12.6. The molecule has 0 amide bonds. The summed E-state index contributed by atoms with van der Waals surface area (Å²) in [5.74, 6) is -1.13. The number of carbonyl (C=O) groups excluding carboxylic acids is 2. The molecule has 0 aliphatic heterocycles. The number of benzene rings is 2. The fraction of sp³-hybridized carbons (Fsp3) is 0.273. The molecule has 0 aliphatic rings. The van der Waals surface area contributed by atoms with Crippen molar-refractivity contribution in [2.75, 3.05) is 11.0 Å². The van der Waals surface area contributed by atoms with Crippen molar-refractivity contribution in [3.63, 3.8) is 0 Å². The second-order valence-corrected chi connectivity index (χ2v) is 9.06. The minimum absolute atomic E-state index is 0.188. The number of esters is 1. The number of ketones is 1. The summed E-state index contributed by atoms with van der Waals surface area (Å²) in [6, 6.07) is 10.5. The first-order valence-electron chi connectivity index (χ1n) is 9.84. The number of Topliss-reactive ketones (excluding diaryl/α,β-unsaturated/α-hetero) is 1. The molecule has 3 aromatic rings. The number of sulfonamides is 1. The molecule has 0 radical (unpaired) electrons. The smallest absolute Gasteiger partial charge is 0.338 e. The zero-order valence-electron chi connectivity index (χ0n) is 18.1. The highest BCUT2D eigenvalue weighted by Crippen LogP contribution is 2.17. The first-order chi connectivity index (χ1) is 15.0. The van der Waals surface area contributed by atoms with Gasteiger partial charge in [-0.25, -0.2) is 18.2 Å².